The normalized spacial score (nSPS) is 28.4. The van der Waals surface area contributed by atoms with Gasteiger partial charge < -0.3 is 4.74 Å². The molecule has 0 aromatic heterocycles. The Balaban J connectivity index is 2.84. The first kappa shape index (κ1) is 13.0. The van der Waals surface area contributed by atoms with Gasteiger partial charge in [0, 0.05) is 6.61 Å². The molecule has 1 atom stereocenters. The van der Waals surface area contributed by atoms with Crippen molar-refractivity contribution in [1.29, 1.82) is 0 Å². The third kappa shape index (κ3) is 2.75. The summed E-state index contributed by atoms with van der Waals surface area (Å²) in [5, 5.41) is 0. The van der Waals surface area contributed by atoms with Crippen molar-refractivity contribution in [3.63, 3.8) is 0 Å². The maximum absolute atomic E-state index is 6.14. The molecule has 1 fully saturated rings. The van der Waals surface area contributed by atoms with Crippen molar-refractivity contribution in [3.05, 3.63) is 0 Å². The second-order valence-corrected chi connectivity index (χ2v) is 6.89. The molecule has 1 heteroatoms. The molecular weight excluding hydrogens is 184 g/mol. The van der Waals surface area contributed by atoms with Crippen LogP contribution in [-0.4, -0.2) is 12.2 Å². The van der Waals surface area contributed by atoms with Gasteiger partial charge >= 0.3 is 0 Å². The predicted molar refractivity (Wildman–Crippen MR) is 66.1 cm³/mol. The minimum atomic E-state index is 0.118. The highest BCUT2D eigenvalue weighted by Crippen LogP contribution is 2.49. The van der Waals surface area contributed by atoms with Crippen LogP contribution in [0.3, 0.4) is 0 Å². The van der Waals surface area contributed by atoms with E-state index in [1.165, 1.54) is 25.7 Å². The van der Waals surface area contributed by atoms with Gasteiger partial charge in [-0.15, -0.1) is 0 Å². The van der Waals surface area contributed by atoms with Crippen LogP contribution in [0.2, 0.25) is 0 Å². The standard InChI is InChI=1S/C14H28O/c1-7-13(5,6)11-14(12(2,3)4)9-8-10-15-14/h7-11H2,1-6H3. The second kappa shape index (κ2) is 4.08. The molecule has 0 aromatic rings. The Morgan fingerprint density at radius 1 is 1.13 bits per heavy atom. The number of ether oxygens (including phenoxy) is 1. The Morgan fingerprint density at radius 3 is 2.07 bits per heavy atom. The van der Waals surface area contributed by atoms with Gasteiger partial charge in [-0.25, -0.2) is 0 Å². The van der Waals surface area contributed by atoms with Crippen LogP contribution >= 0.6 is 0 Å². The Morgan fingerprint density at radius 2 is 1.73 bits per heavy atom. The molecule has 90 valence electrons. The molecule has 0 N–H and O–H groups in total. The molecular formula is C14H28O. The van der Waals surface area contributed by atoms with Crippen LogP contribution in [0.5, 0.6) is 0 Å². The number of hydrogen-bond acceptors (Lipinski definition) is 1. The van der Waals surface area contributed by atoms with Gasteiger partial charge in [0.15, 0.2) is 0 Å². The largest absolute Gasteiger partial charge is 0.374 e. The van der Waals surface area contributed by atoms with Crippen molar-refractivity contribution < 1.29 is 4.74 Å². The Kier molecular flexibility index (Phi) is 3.55. The first-order valence-corrected chi connectivity index (χ1v) is 6.36. The topological polar surface area (TPSA) is 9.23 Å². The lowest BCUT2D eigenvalue weighted by atomic mass is 9.66. The number of hydrogen-bond donors (Lipinski definition) is 0. The van der Waals surface area contributed by atoms with Crippen molar-refractivity contribution in [2.45, 2.75) is 72.8 Å². The van der Waals surface area contributed by atoms with Gasteiger partial charge in [0.05, 0.1) is 5.60 Å². The van der Waals surface area contributed by atoms with E-state index in [-0.39, 0.29) is 11.0 Å². The van der Waals surface area contributed by atoms with Gasteiger partial charge in [-0.3, -0.25) is 0 Å². The fourth-order valence-corrected chi connectivity index (χ4v) is 2.59. The van der Waals surface area contributed by atoms with E-state index >= 15 is 0 Å². The lowest BCUT2D eigenvalue weighted by molar-refractivity contribution is -0.104. The molecule has 0 radical (unpaired) electrons. The Hall–Kier alpha value is -0.0400. The fraction of sp³-hybridized carbons (Fsp3) is 1.00. The van der Waals surface area contributed by atoms with Crippen LogP contribution in [0.1, 0.15) is 67.2 Å². The van der Waals surface area contributed by atoms with Crippen LogP contribution in [0.4, 0.5) is 0 Å². The molecule has 15 heavy (non-hydrogen) atoms. The molecule has 1 saturated heterocycles. The minimum absolute atomic E-state index is 0.118. The smallest absolute Gasteiger partial charge is 0.0736 e. The molecule has 0 aromatic carbocycles. The van der Waals surface area contributed by atoms with Crippen molar-refractivity contribution in [1.82, 2.24) is 0 Å². The molecule has 0 spiro atoms. The van der Waals surface area contributed by atoms with E-state index in [1.54, 1.807) is 0 Å². The highest BCUT2D eigenvalue weighted by molar-refractivity contribution is 4.98. The Labute approximate surface area is 95.6 Å². The highest BCUT2D eigenvalue weighted by atomic mass is 16.5. The molecule has 0 saturated carbocycles. The minimum Gasteiger partial charge on any atom is -0.374 e. The van der Waals surface area contributed by atoms with Gasteiger partial charge in [-0.1, -0.05) is 48.0 Å². The SMILES string of the molecule is CCC(C)(C)CC1(C(C)(C)C)CCCO1. The van der Waals surface area contributed by atoms with E-state index < -0.39 is 0 Å². The molecule has 1 aliphatic heterocycles. The van der Waals surface area contributed by atoms with Crippen molar-refractivity contribution in [2.75, 3.05) is 6.61 Å². The van der Waals surface area contributed by atoms with E-state index in [0.29, 0.717) is 5.41 Å². The van der Waals surface area contributed by atoms with Gasteiger partial charge in [0.25, 0.3) is 0 Å². The molecule has 1 rings (SSSR count). The van der Waals surface area contributed by atoms with E-state index in [4.69, 9.17) is 4.74 Å². The average Bonchev–Trinajstić information content (AvgIpc) is 2.52. The average molecular weight is 212 g/mol. The monoisotopic (exact) mass is 212 g/mol. The highest BCUT2D eigenvalue weighted by Gasteiger charge is 2.47. The molecule has 1 unspecified atom stereocenters. The predicted octanol–water partition coefficient (Wildman–Crippen LogP) is 4.41. The third-order valence-electron chi connectivity index (χ3n) is 4.19. The van der Waals surface area contributed by atoms with E-state index in [0.717, 1.165) is 6.61 Å². The van der Waals surface area contributed by atoms with Crippen LogP contribution < -0.4 is 0 Å². The Bertz CT molecular complexity index is 204. The quantitative estimate of drug-likeness (QED) is 0.673. The molecule has 0 aliphatic carbocycles. The second-order valence-electron chi connectivity index (χ2n) is 6.89. The van der Waals surface area contributed by atoms with Gasteiger partial charge in [0.2, 0.25) is 0 Å². The maximum Gasteiger partial charge on any atom is 0.0736 e. The van der Waals surface area contributed by atoms with Crippen molar-refractivity contribution in [3.8, 4) is 0 Å². The van der Waals surface area contributed by atoms with Crippen molar-refractivity contribution in [2.24, 2.45) is 10.8 Å². The molecule has 0 amide bonds. The zero-order chi connectivity index (χ0) is 11.7. The van der Waals surface area contributed by atoms with Gasteiger partial charge in [-0.2, -0.15) is 0 Å². The zero-order valence-electron chi connectivity index (χ0n) is 11.4. The lowest BCUT2D eigenvalue weighted by Crippen LogP contribution is -2.45. The van der Waals surface area contributed by atoms with Crippen LogP contribution in [0.25, 0.3) is 0 Å². The van der Waals surface area contributed by atoms with Crippen molar-refractivity contribution >= 4 is 0 Å². The summed E-state index contributed by atoms with van der Waals surface area (Å²) in [5.74, 6) is 0. The van der Waals surface area contributed by atoms with E-state index in [2.05, 4.69) is 41.5 Å². The van der Waals surface area contributed by atoms with Crippen LogP contribution in [-0.2, 0) is 4.74 Å². The van der Waals surface area contributed by atoms with Crippen LogP contribution in [0.15, 0.2) is 0 Å². The molecule has 1 heterocycles. The summed E-state index contributed by atoms with van der Waals surface area (Å²) in [6.07, 6.45) is 4.89. The summed E-state index contributed by atoms with van der Waals surface area (Å²) in [4.78, 5) is 0. The zero-order valence-corrected chi connectivity index (χ0v) is 11.4. The molecule has 0 bridgehead atoms. The fourth-order valence-electron chi connectivity index (χ4n) is 2.59. The summed E-state index contributed by atoms with van der Waals surface area (Å²) in [5.41, 5.74) is 0.778. The third-order valence-corrected chi connectivity index (χ3v) is 4.19. The molecule has 1 aliphatic rings. The lowest BCUT2D eigenvalue weighted by Gasteiger charge is -2.45. The summed E-state index contributed by atoms with van der Waals surface area (Å²) in [6, 6.07) is 0. The van der Waals surface area contributed by atoms with E-state index in [9.17, 15) is 0 Å². The number of rotatable bonds is 3. The van der Waals surface area contributed by atoms with E-state index in [1.807, 2.05) is 0 Å². The molecule has 1 nitrogen and oxygen atoms in total. The maximum atomic E-state index is 6.14. The van der Waals surface area contributed by atoms with Crippen LogP contribution in [0, 0.1) is 10.8 Å². The summed E-state index contributed by atoms with van der Waals surface area (Å²) in [6.45, 7) is 14.9. The van der Waals surface area contributed by atoms with Gasteiger partial charge in [0.1, 0.15) is 0 Å². The summed E-state index contributed by atoms with van der Waals surface area (Å²) >= 11 is 0. The first-order valence-electron chi connectivity index (χ1n) is 6.36. The first-order chi connectivity index (χ1) is 6.72. The summed E-state index contributed by atoms with van der Waals surface area (Å²) < 4.78 is 6.14. The summed E-state index contributed by atoms with van der Waals surface area (Å²) in [7, 11) is 0. The van der Waals surface area contributed by atoms with Gasteiger partial charge in [-0.05, 0) is 30.1 Å².